The molecule has 0 aliphatic heterocycles. The third kappa shape index (κ3) is 3.52. The van der Waals surface area contributed by atoms with Crippen molar-refractivity contribution < 1.29 is 10.2 Å². The summed E-state index contributed by atoms with van der Waals surface area (Å²) in [6.07, 6.45) is 12.6. The summed E-state index contributed by atoms with van der Waals surface area (Å²) >= 11 is 0. The summed E-state index contributed by atoms with van der Waals surface area (Å²) in [4.78, 5) is 0. The maximum Gasteiger partial charge on any atom is 0.0591 e. The molecule has 29 heavy (non-hydrogen) atoms. The van der Waals surface area contributed by atoms with Crippen molar-refractivity contribution in [3.05, 3.63) is 0 Å². The Kier molecular flexibility index (Phi) is 5.49. The molecule has 4 rings (SSSR count). The summed E-state index contributed by atoms with van der Waals surface area (Å²) in [5.41, 5.74) is 7.02. The molecule has 4 saturated carbocycles. The normalized spacial score (nSPS) is 51.1. The van der Waals surface area contributed by atoms with Crippen molar-refractivity contribution in [2.75, 3.05) is 0 Å². The van der Waals surface area contributed by atoms with Crippen LogP contribution in [0.25, 0.3) is 0 Å². The van der Waals surface area contributed by atoms with Crippen molar-refractivity contribution in [3.8, 4) is 0 Å². The topological polar surface area (TPSA) is 66.5 Å². The van der Waals surface area contributed by atoms with Crippen LogP contribution in [0, 0.1) is 40.4 Å². The van der Waals surface area contributed by atoms with E-state index in [1.807, 2.05) is 13.8 Å². The van der Waals surface area contributed by atoms with Gasteiger partial charge in [-0.3, -0.25) is 0 Å². The first-order chi connectivity index (χ1) is 13.4. The molecule has 3 nitrogen and oxygen atoms in total. The minimum Gasteiger partial charge on any atom is -0.393 e. The zero-order valence-corrected chi connectivity index (χ0v) is 19.7. The summed E-state index contributed by atoms with van der Waals surface area (Å²) in [6.45, 7) is 11.5. The molecule has 4 aliphatic rings. The number of aliphatic hydroxyl groups excluding tert-OH is 1. The Labute approximate surface area is 179 Å². The van der Waals surface area contributed by atoms with Crippen LogP contribution in [-0.2, 0) is 0 Å². The molecule has 168 valence electrons. The van der Waals surface area contributed by atoms with Crippen molar-refractivity contribution in [1.82, 2.24) is 0 Å². The number of aliphatic hydroxyl groups is 2. The van der Waals surface area contributed by atoms with Crippen molar-refractivity contribution in [3.63, 3.8) is 0 Å². The van der Waals surface area contributed by atoms with E-state index in [1.54, 1.807) is 0 Å². The van der Waals surface area contributed by atoms with E-state index in [4.69, 9.17) is 5.73 Å². The van der Waals surface area contributed by atoms with Gasteiger partial charge in [-0.1, -0.05) is 20.8 Å². The second kappa shape index (κ2) is 7.20. The van der Waals surface area contributed by atoms with Crippen molar-refractivity contribution >= 4 is 0 Å². The molecule has 0 aromatic rings. The summed E-state index contributed by atoms with van der Waals surface area (Å²) in [5, 5.41) is 20.5. The molecule has 8 unspecified atom stereocenters. The molecule has 0 bridgehead atoms. The summed E-state index contributed by atoms with van der Waals surface area (Å²) in [6, 6.07) is 0. The van der Waals surface area contributed by atoms with Crippen molar-refractivity contribution in [2.45, 2.75) is 122 Å². The van der Waals surface area contributed by atoms with Gasteiger partial charge in [0.25, 0.3) is 0 Å². The van der Waals surface area contributed by atoms with E-state index in [2.05, 4.69) is 20.8 Å². The fraction of sp³-hybridized carbons (Fsp3) is 1.00. The Balaban J connectivity index is 1.52. The summed E-state index contributed by atoms with van der Waals surface area (Å²) in [5.74, 6) is 3.94. The molecule has 0 aromatic heterocycles. The molecular weight excluding hydrogens is 358 g/mol. The lowest BCUT2D eigenvalue weighted by Crippen LogP contribution is -2.67. The summed E-state index contributed by atoms with van der Waals surface area (Å²) in [7, 11) is 0. The van der Waals surface area contributed by atoms with E-state index >= 15 is 0 Å². The number of hydrogen-bond donors (Lipinski definition) is 3. The van der Waals surface area contributed by atoms with Crippen molar-refractivity contribution in [1.29, 1.82) is 0 Å². The molecule has 3 heteroatoms. The second-order valence-corrected chi connectivity index (χ2v) is 12.9. The lowest BCUT2D eigenvalue weighted by Gasteiger charge is -2.65. The first kappa shape index (κ1) is 22.1. The third-order valence-electron chi connectivity index (χ3n) is 10.9. The molecule has 4 aliphatic carbocycles. The number of hydrogen-bond acceptors (Lipinski definition) is 3. The maximum atomic E-state index is 10.3. The lowest BCUT2D eigenvalue weighted by molar-refractivity contribution is -0.140. The molecule has 4 N–H and O–H groups in total. The third-order valence-corrected chi connectivity index (χ3v) is 10.9. The molecule has 0 aromatic carbocycles. The van der Waals surface area contributed by atoms with Gasteiger partial charge in [0.2, 0.25) is 0 Å². The largest absolute Gasteiger partial charge is 0.393 e. The minimum absolute atomic E-state index is 0.155. The molecule has 0 radical (unpaired) electrons. The van der Waals surface area contributed by atoms with Crippen LogP contribution in [0.4, 0.5) is 0 Å². The molecule has 0 spiro atoms. The van der Waals surface area contributed by atoms with Gasteiger partial charge in [0.1, 0.15) is 0 Å². The van der Waals surface area contributed by atoms with Crippen LogP contribution < -0.4 is 5.73 Å². The van der Waals surface area contributed by atoms with E-state index < -0.39 is 5.60 Å². The highest BCUT2D eigenvalue weighted by molar-refractivity contribution is 5.16. The first-order valence-corrected chi connectivity index (χ1v) is 12.6. The second-order valence-electron chi connectivity index (χ2n) is 12.9. The van der Waals surface area contributed by atoms with Crippen LogP contribution in [0.2, 0.25) is 0 Å². The molecule has 0 amide bonds. The van der Waals surface area contributed by atoms with Gasteiger partial charge < -0.3 is 15.9 Å². The smallest absolute Gasteiger partial charge is 0.0591 e. The summed E-state index contributed by atoms with van der Waals surface area (Å²) < 4.78 is 0. The fourth-order valence-corrected chi connectivity index (χ4v) is 9.08. The van der Waals surface area contributed by atoms with Gasteiger partial charge in [-0.2, -0.15) is 0 Å². The standard InChI is InChI=1S/C26H47NO2/c1-17(8-12-23(2,3)29)20-6-7-21-19-10-15-26(27)16-18(28)9-14-25(26,5)22(19)11-13-24(20,21)4/h17-22,28-29H,6-16,27H2,1-5H3/t17-,18?,19?,20?,21?,22?,24?,25?,26?/m1/s1. The van der Waals surface area contributed by atoms with E-state index in [-0.39, 0.29) is 17.1 Å². The molecular formula is C26H47NO2. The van der Waals surface area contributed by atoms with E-state index in [0.29, 0.717) is 11.3 Å². The zero-order chi connectivity index (χ0) is 21.2. The van der Waals surface area contributed by atoms with Gasteiger partial charge in [0.15, 0.2) is 0 Å². The Morgan fingerprint density at radius 1 is 1.00 bits per heavy atom. The van der Waals surface area contributed by atoms with Gasteiger partial charge in [-0.25, -0.2) is 0 Å². The Morgan fingerprint density at radius 2 is 1.72 bits per heavy atom. The van der Waals surface area contributed by atoms with Crippen LogP contribution in [0.3, 0.4) is 0 Å². The van der Waals surface area contributed by atoms with Gasteiger partial charge in [-0.15, -0.1) is 0 Å². The SMILES string of the molecule is C[C@H](CCC(C)(C)O)C1CCC2C3CCC4(N)CC(O)CCC4(C)C3CCC21C. The Morgan fingerprint density at radius 3 is 2.41 bits per heavy atom. The highest BCUT2D eigenvalue weighted by Gasteiger charge is 2.63. The molecule has 0 heterocycles. The number of rotatable bonds is 4. The van der Waals surface area contributed by atoms with Crippen LogP contribution in [-0.4, -0.2) is 27.5 Å². The molecule has 4 fully saturated rings. The average molecular weight is 406 g/mol. The lowest BCUT2D eigenvalue weighted by atomic mass is 9.42. The average Bonchev–Trinajstić information content (AvgIpc) is 2.97. The van der Waals surface area contributed by atoms with Crippen molar-refractivity contribution in [2.24, 2.45) is 46.2 Å². The highest BCUT2D eigenvalue weighted by atomic mass is 16.3. The quantitative estimate of drug-likeness (QED) is 0.596. The monoisotopic (exact) mass is 405 g/mol. The van der Waals surface area contributed by atoms with Gasteiger partial charge in [-0.05, 0) is 125 Å². The predicted octanol–water partition coefficient (Wildman–Crippen LogP) is 5.27. The minimum atomic E-state index is -0.543. The van der Waals surface area contributed by atoms with Crippen LogP contribution >= 0.6 is 0 Å². The fourth-order valence-electron chi connectivity index (χ4n) is 9.08. The molecule has 9 atom stereocenters. The number of fused-ring (bicyclic) bond motifs is 5. The maximum absolute atomic E-state index is 10.3. The number of nitrogens with two attached hydrogens (primary N) is 1. The van der Waals surface area contributed by atoms with Gasteiger partial charge in [0, 0.05) is 5.54 Å². The van der Waals surface area contributed by atoms with Gasteiger partial charge >= 0.3 is 0 Å². The Bertz CT molecular complexity index is 614. The van der Waals surface area contributed by atoms with E-state index in [0.717, 1.165) is 62.2 Å². The van der Waals surface area contributed by atoms with E-state index in [1.165, 1.54) is 32.1 Å². The predicted molar refractivity (Wildman–Crippen MR) is 119 cm³/mol. The van der Waals surface area contributed by atoms with Gasteiger partial charge in [0.05, 0.1) is 11.7 Å². The highest BCUT2D eigenvalue weighted by Crippen LogP contribution is 2.68. The zero-order valence-electron chi connectivity index (χ0n) is 19.7. The Hall–Kier alpha value is -0.120. The first-order valence-electron chi connectivity index (χ1n) is 12.6. The van der Waals surface area contributed by atoms with Crippen LogP contribution in [0.15, 0.2) is 0 Å². The van der Waals surface area contributed by atoms with Crippen LogP contribution in [0.5, 0.6) is 0 Å². The van der Waals surface area contributed by atoms with E-state index in [9.17, 15) is 10.2 Å². The van der Waals surface area contributed by atoms with Crippen LogP contribution in [0.1, 0.15) is 105 Å². The molecule has 0 saturated heterocycles.